The number of nitrogens with one attached hydrogen (secondary N) is 1. The van der Waals surface area contributed by atoms with Crippen molar-refractivity contribution in [3.05, 3.63) is 33.3 Å². The van der Waals surface area contributed by atoms with E-state index in [1.54, 1.807) is 18.2 Å². The third-order valence-corrected chi connectivity index (χ3v) is 4.52. The van der Waals surface area contributed by atoms with Gasteiger partial charge in [-0.15, -0.1) is 0 Å². The molecule has 1 aliphatic heterocycles. The van der Waals surface area contributed by atoms with Crippen LogP contribution < -0.4 is 5.32 Å². The molecule has 0 unspecified atom stereocenters. The molecule has 2 amide bonds. The SMILES string of the molecule is CCC(=O)NC1CCN(C(=O)c2ccc(Cl)cc2Br)CC1. The van der Waals surface area contributed by atoms with Crippen LogP contribution in [0, 0.1) is 0 Å². The Morgan fingerprint density at radius 2 is 2.05 bits per heavy atom. The van der Waals surface area contributed by atoms with Crippen molar-refractivity contribution in [2.24, 2.45) is 0 Å². The molecule has 1 aliphatic rings. The Kier molecular flexibility index (Phi) is 5.65. The van der Waals surface area contributed by atoms with Crippen LogP contribution in [-0.2, 0) is 4.79 Å². The van der Waals surface area contributed by atoms with Gasteiger partial charge in [0.25, 0.3) is 5.91 Å². The minimum atomic E-state index is -0.00110. The lowest BCUT2D eigenvalue weighted by Gasteiger charge is -2.32. The van der Waals surface area contributed by atoms with Crippen LogP contribution >= 0.6 is 27.5 Å². The number of likely N-dealkylation sites (tertiary alicyclic amines) is 1. The van der Waals surface area contributed by atoms with Crippen molar-refractivity contribution in [1.82, 2.24) is 10.2 Å². The molecule has 0 radical (unpaired) electrons. The molecule has 1 fully saturated rings. The van der Waals surface area contributed by atoms with Crippen LogP contribution in [0.15, 0.2) is 22.7 Å². The molecule has 1 aromatic carbocycles. The summed E-state index contributed by atoms with van der Waals surface area (Å²) in [5.41, 5.74) is 0.621. The smallest absolute Gasteiger partial charge is 0.255 e. The Morgan fingerprint density at radius 1 is 1.38 bits per heavy atom. The number of piperidine rings is 1. The topological polar surface area (TPSA) is 49.4 Å². The number of amides is 2. The second-order valence-electron chi connectivity index (χ2n) is 5.11. The molecule has 0 bridgehead atoms. The monoisotopic (exact) mass is 372 g/mol. The van der Waals surface area contributed by atoms with E-state index in [1.165, 1.54) is 0 Å². The predicted molar refractivity (Wildman–Crippen MR) is 86.5 cm³/mol. The van der Waals surface area contributed by atoms with Gasteiger partial charge in [-0.1, -0.05) is 18.5 Å². The molecule has 0 spiro atoms. The highest BCUT2D eigenvalue weighted by Gasteiger charge is 2.25. The number of carbonyl (C=O) groups is 2. The third kappa shape index (κ3) is 4.20. The van der Waals surface area contributed by atoms with Gasteiger partial charge in [-0.05, 0) is 47.0 Å². The molecule has 0 aromatic heterocycles. The van der Waals surface area contributed by atoms with E-state index >= 15 is 0 Å². The predicted octanol–water partition coefficient (Wildman–Crippen LogP) is 3.23. The fourth-order valence-electron chi connectivity index (χ4n) is 2.39. The maximum Gasteiger partial charge on any atom is 0.255 e. The van der Waals surface area contributed by atoms with E-state index < -0.39 is 0 Å². The van der Waals surface area contributed by atoms with Crippen molar-refractivity contribution in [3.63, 3.8) is 0 Å². The first-order valence-corrected chi connectivity index (χ1v) is 8.22. The average Bonchev–Trinajstić information content (AvgIpc) is 2.47. The lowest BCUT2D eigenvalue weighted by Crippen LogP contribution is -2.46. The fourth-order valence-corrected chi connectivity index (χ4v) is 3.24. The van der Waals surface area contributed by atoms with Crippen LogP contribution in [0.5, 0.6) is 0 Å². The molecule has 1 heterocycles. The number of halogens is 2. The minimum Gasteiger partial charge on any atom is -0.353 e. The van der Waals surface area contributed by atoms with Crippen LogP contribution in [0.25, 0.3) is 0 Å². The van der Waals surface area contributed by atoms with Crippen LogP contribution in [0.3, 0.4) is 0 Å². The van der Waals surface area contributed by atoms with Crippen molar-refractivity contribution < 1.29 is 9.59 Å². The number of carbonyl (C=O) groups excluding carboxylic acids is 2. The van der Waals surface area contributed by atoms with Gasteiger partial charge in [0.05, 0.1) is 5.56 Å². The van der Waals surface area contributed by atoms with Gasteiger partial charge in [0.1, 0.15) is 0 Å². The zero-order chi connectivity index (χ0) is 15.4. The zero-order valence-electron chi connectivity index (χ0n) is 11.9. The van der Waals surface area contributed by atoms with E-state index in [9.17, 15) is 9.59 Å². The average molecular weight is 374 g/mol. The summed E-state index contributed by atoms with van der Waals surface area (Å²) in [6, 6.07) is 5.35. The summed E-state index contributed by atoms with van der Waals surface area (Å²) in [6.45, 7) is 3.15. The van der Waals surface area contributed by atoms with Gasteiger partial charge in [0.15, 0.2) is 0 Å². The van der Waals surface area contributed by atoms with E-state index in [2.05, 4.69) is 21.2 Å². The first-order chi connectivity index (χ1) is 10.0. The number of nitrogens with zero attached hydrogens (tertiary/aromatic N) is 1. The fraction of sp³-hybridized carbons (Fsp3) is 0.467. The number of hydrogen-bond acceptors (Lipinski definition) is 2. The number of benzene rings is 1. The summed E-state index contributed by atoms with van der Waals surface area (Å²) in [4.78, 5) is 25.7. The quantitative estimate of drug-likeness (QED) is 0.884. The van der Waals surface area contributed by atoms with Crippen LogP contribution in [0.1, 0.15) is 36.5 Å². The Morgan fingerprint density at radius 3 is 2.62 bits per heavy atom. The summed E-state index contributed by atoms with van der Waals surface area (Å²) >= 11 is 9.27. The molecule has 0 aliphatic carbocycles. The first-order valence-electron chi connectivity index (χ1n) is 7.05. The molecule has 2 rings (SSSR count). The molecule has 4 nitrogen and oxygen atoms in total. The van der Waals surface area contributed by atoms with Crippen molar-refractivity contribution in [2.75, 3.05) is 13.1 Å². The van der Waals surface area contributed by atoms with Gasteiger partial charge in [-0.2, -0.15) is 0 Å². The maximum absolute atomic E-state index is 12.5. The van der Waals surface area contributed by atoms with Gasteiger partial charge >= 0.3 is 0 Å². The Balaban J connectivity index is 1.95. The molecule has 6 heteroatoms. The molecular formula is C15H18BrClN2O2. The first kappa shape index (κ1) is 16.3. The Labute approximate surface area is 138 Å². The second kappa shape index (κ2) is 7.27. The molecular weight excluding hydrogens is 356 g/mol. The van der Waals surface area contributed by atoms with E-state index in [4.69, 9.17) is 11.6 Å². The van der Waals surface area contributed by atoms with Crippen LogP contribution in [-0.4, -0.2) is 35.8 Å². The summed E-state index contributed by atoms with van der Waals surface area (Å²) in [7, 11) is 0. The van der Waals surface area contributed by atoms with Crippen LogP contribution in [0.2, 0.25) is 5.02 Å². The summed E-state index contributed by atoms with van der Waals surface area (Å²) in [6.07, 6.45) is 2.09. The highest BCUT2D eigenvalue weighted by atomic mass is 79.9. The van der Waals surface area contributed by atoms with Gasteiger partial charge < -0.3 is 10.2 Å². The molecule has 1 saturated heterocycles. The maximum atomic E-state index is 12.5. The van der Waals surface area contributed by atoms with Gasteiger partial charge in [-0.3, -0.25) is 9.59 Å². The summed E-state index contributed by atoms with van der Waals surface area (Å²) in [5.74, 6) is 0.0685. The Hall–Kier alpha value is -1.07. The largest absolute Gasteiger partial charge is 0.353 e. The third-order valence-electron chi connectivity index (χ3n) is 3.63. The number of rotatable bonds is 3. The Bertz CT molecular complexity index is 542. The van der Waals surface area contributed by atoms with Gasteiger partial charge in [0, 0.05) is 35.0 Å². The molecule has 21 heavy (non-hydrogen) atoms. The molecule has 114 valence electrons. The minimum absolute atomic E-state index is 0.00110. The van der Waals surface area contributed by atoms with E-state index in [-0.39, 0.29) is 17.9 Å². The molecule has 1 aromatic rings. The summed E-state index contributed by atoms with van der Waals surface area (Å²) < 4.78 is 0.710. The highest BCUT2D eigenvalue weighted by Crippen LogP contribution is 2.24. The van der Waals surface area contributed by atoms with E-state index in [0.717, 1.165) is 12.8 Å². The van der Waals surface area contributed by atoms with Crippen molar-refractivity contribution >= 4 is 39.3 Å². The summed E-state index contributed by atoms with van der Waals surface area (Å²) in [5, 5.41) is 3.58. The lowest BCUT2D eigenvalue weighted by molar-refractivity contribution is -0.121. The second-order valence-corrected chi connectivity index (χ2v) is 6.40. The zero-order valence-corrected chi connectivity index (χ0v) is 14.2. The van der Waals surface area contributed by atoms with Gasteiger partial charge in [-0.25, -0.2) is 0 Å². The molecule has 0 atom stereocenters. The van der Waals surface area contributed by atoms with Crippen molar-refractivity contribution in [3.8, 4) is 0 Å². The molecule has 0 saturated carbocycles. The van der Waals surface area contributed by atoms with Crippen LogP contribution in [0.4, 0.5) is 0 Å². The highest BCUT2D eigenvalue weighted by molar-refractivity contribution is 9.10. The lowest BCUT2D eigenvalue weighted by atomic mass is 10.0. The van der Waals surface area contributed by atoms with Gasteiger partial charge in [0.2, 0.25) is 5.91 Å². The van der Waals surface area contributed by atoms with E-state index in [1.807, 2.05) is 11.8 Å². The van der Waals surface area contributed by atoms with Crippen molar-refractivity contribution in [1.29, 1.82) is 0 Å². The normalized spacial score (nSPS) is 15.9. The van der Waals surface area contributed by atoms with Crippen molar-refractivity contribution in [2.45, 2.75) is 32.2 Å². The van der Waals surface area contributed by atoms with E-state index in [0.29, 0.717) is 34.6 Å². The standard InChI is InChI=1S/C15H18BrClN2O2/c1-2-14(20)18-11-5-7-19(8-6-11)15(21)12-4-3-10(17)9-13(12)16/h3-4,9,11H,2,5-8H2,1H3,(H,18,20). The molecule has 1 N–H and O–H groups in total. The number of hydrogen-bond donors (Lipinski definition) is 1.